The summed E-state index contributed by atoms with van der Waals surface area (Å²) in [6.45, 7) is 3.29. The minimum atomic E-state index is -0.670. The van der Waals surface area contributed by atoms with E-state index in [1.807, 2.05) is 61.5 Å². The molecule has 2 aromatic carbocycles. The molecule has 0 aliphatic carbocycles. The number of rotatable bonds is 4. The molecule has 1 aliphatic rings. The molecule has 1 aliphatic heterocycles. The average Bonchev–Trinajstić information content (AvgIpc) is 3.26. The Morgan fingerprint density at radius 1 is 1.14 bits per heavy atom. The Kier molecular flexibility index (Phi) is 4.69. The molecule has 0 radical (unpaired) electrons. The van der Waals surface area contributed by atoms with Crippen LogP contribution >= 0.6 is 0 Å². The van der Waals surface area contributed by atoms with Crippen molar-refractivity contribution >= 4 is 17.6 Å². The number of hydrogen-bond acceptors (Lipinski definition) is 5. The van der Waals surface area contributed by atoms with Gasteiger partial charge in [-0.25, -0.2) is 9.78 Å². The predicted molar refractivity (Wildman–Crippen MR) is 104 cm³/mol. The highest BCUT2D eigenvalue weighted by molar-refractivity contribution is 5.99. The van der Waals surface area contributed by atoms with Gasteiger partial charge in [0.25, 0.3) is 5.91 Å². The highest BCUT2D eigenvalue weighted by Gasteiger charge is 2.31. The molecular formula is C22H20N2O4. The Morgan fingerprint density at radius 2 is 1.86 bits per heavy atom. The zero-order valence-corrected chi connectivity index (χ0v) is 15.7. The van der Waals surface area contributed by atoms with Crippen molar-refractivity contribution in [1.29, 1.82) is 0 Å². The molecule has 0 saturated carbocycles. The van der Waals surface area contributed by atoms with Gasteiger partial charge in [0, 0.05) is 17.3 Å². The minimum Gasteiger partial charge on any atom is -0.451 e. The number of para-hydroxylation sites is 1. The molecule has 0 unspecified atom stereocenters. The zero-order valence-electron chi connectivity index (χ0n) is 15.7. The van der Waals surface area contributed by atoms with Crippen LogP contribution in [-0.2, 0) is 16.0 Å². The van der Waals surface area contributed by atoms with Gasteiger partial charge >= 0.3 is 5.97 Å². The normalized spacial score (nSPS) is 15.4. The molecule has 2 heterocycles. The fourth-order valence-electron chi connectivity index (χ4n) is 3.50. The number of amides is 1. The molecule has 1 atom stereocenters. The van der Waals surface area contributed by atoms with Crippen LogP contribution in [0.25, 0.3) is 11.5 Å². The Hall–Kier alpha value is -3.41. The van der Waals surface area contributed by atoms with Gasteiger partial charge in [-0.3, -0.25) is 4.79 Å². The molecule has 6 heteroatoms. The molecule has 1 amide bonds. The van der Waals surface area contributed by atoms with Crippen LogP contribution in [0.3, 0.4) is 0 Å². The number of benzene rings is 2. The van der Waals surface area contributed by atoms with E-state index in [1.54, 1.807) is 11.8 Å². The maximum absolute atomic E-state index is 12.7. The Morgan fingerprint density at radius 3 is 2.64 bits per heavy atom. The number of aryl methyl sites for hydroxylation is 1. The summed E-state index contributed by atoms with van der Waals surface area (Å²) in [5.41, 5.74) is 2.85. The van der Waals surface area contributed by atoms with Gasteiger partial charge in [-0.05, 0) is 44.0 Å². The van der Waals surface area contributed by atoms with Crippen molar-refractivity contribution in [3.05, 3.63) is 71.6 Å². The van der Waals surface area contributed by atoms with Crippen molar-refractivity contribution in [3.63, 3.8) is 0 Å². The van der Waals surface area contributed by atoms with Crippen LogP contribution in [0.1, 0.15) is 28.7 Å². The van der Waals surface area contributed by atoms with E-state index < -0.39 is 5.97 Å². The van der Waals surface area contributed by atoms with Gasteiger partial charge in [0.15, 0.2) is 12.3 Å². The maximum Gasteiger partial charge on any atom is 0.361 e. The molecule has 28 heavy (non-hydrogen) atoms. The van der Waals surface area contributed by atoms with Crippen LogP contribution in [0.5, 0.6) is 0 Å². The van der Waals surface area contributed by atoms with E-state index in [1.165, 1.54) is 0 Å². The molecule has 0 fully saturated rings. The molecule has 6 nitrogen and oxygen atoms in total. The number of ether oxygens (including phenoxy) is 1. The lowest BCUT2D eigenvalue weighted by Gasteiger charge is -2.22. The topological polar surface area (TPSA) is 72.6 Å². The summed E-state index contributed by atoms with van der Waals surface area (Å²) < 4.78 is 10.8. The van der Waals surface area contributed by atoms with E-state index in [0.29, 0.717) is 11.7 Å². The number of aromatic nitrogens is 1. The van der Waals surface area contributed by atoms with Crippen LogP contribution in [0.2, 0.25) is 0 Å². The third kappa shape index (κ3) is 3.29. The molecule has 0 saturated heterocycles. The first-order valence-electron chi connectivity index (χ1n) is 9.14. The first kappa shape index (κ1) is 18.0. The standard InChI is InChI=1S/C22H20N2O4/c1-14-12-17-10-6-7-11-18(17)24(14)19(25)13-27-22(26)20-15(2)28-21(23-20)16-8-4-3-5-9-16/h3-11,14H,12-13H2,1-2H3/t14-/m0/s1. The van der Waals surface area contributed by atoms with Crippen molar-refractivity contribution in [2.75, 3.05) is 11.5 Å². The fraction of sp³-hybridized carbons (Fsp3) is 0.227. The van der Waals surface area contributed by atoms with Crippen LogP contribution in [0.4, 0.5) is 5.69 Å². The van der Waals surface area contributed by atoms with Crippen LogP contribution in [0, 0.1) is 6.92 Å². The quantitative estimate of drug-likeness (QED) is 0.648. The number of carbonyl (C=O) groups excluding carboxylic acids is 2. The van der Waals surface area contributed by atoms with Gasteiger partial charge in [-0.2, -0.15) is 0 Å². The number of esters is 1. The molecule has 3 aromatic rings. The number of nitrogens with zero attached hydrogens (tertiary/aromatic N) is 2. The number of fused-ring (bicyclic) bond motifs is 1. The van der Waals surface area contributed by atoms with Gasteiger partial charge in [0.2, 0.25) is 5.89 Å². The van der Waals surface area contributed by atoms with Gasteiger partial charge in [-0.15, -0.1) is 0 Å². The summed E-state index contributed by atoms with van der Waals surface area (Å²) in [6.07, 6.45) is 0.790. The third-order valence-corrected chi connectivity index (χ3v) is 4.81. The van der Waals surface area contributed by atoms with E-state index in [4.69, 9.17) is 9.15 Å². The van der Waals surface area contributed by atoms with Crippen LogP contribution in [0.15, 0.2) is 59.0 Å². The minimum absolute atomic E-state index is 0.0297. The maximum atomic E-state index is 12.7. The molecule has 0 N–H and O–H groups in total. The largest absolute Gasteiger partial charge is 0.451 e. The average molecular weight is 376 g/mol. The van der Waals surface area contributed by atoms with Gasteiger partial charge < -0.3 is 14.1 Å². The van der Waals surface area contributed by atoms with Crippen LogP contribution < -0.4 is 4.90 Å². The van der Waals surface area contributed by atoms with Crippen molar-refractivity contribution in [3.8, 4) is 11.5 Å². The van der Waals surface area contributed by atoms with E-state index in [9.17, 15) is 9.59 Å². The SMILES string of the molecule is Cc1oc(-c2ccccc2)nc1C(=O)OCC(=O)N1c2ccccc2C[C@@H]1C. The Bertz CT molecular complexity index is 1030. The van der Waals surface area contributed by atoms with E-state index in [0.717, 1.165) is 23.2 Å². The number of carbonyl (C=O) groups is 2. The fourth-order valence-corrected chi connectivity index (χ4v) is 3.50. The predicted octanol–water partition coefficient (Wildman–Crippen LogP) is 3.78. The molecule has 1 aromatic heterocycles. The second-order valence-electron chi connectivity index (χ2n) is 6.81. The van der Waals surface area contributed by atoms with Gasteiger partial charge in [-0.1, -0.05) is 36.4 Å². The molecule has 142 valence electrons. The van der Waals surface area contributed by atoms with Crippen molar-refractivity contribution in [2.24, 2.45) is 0 Å². The monoisotopic (exact) mass is 376 g/mol. The summed E-state index contributed by atoms with van der Waals surface area (Å²) >= 11 is 0. The van der Waals surface area contributed by atoms with Crippen molar-refractivity contribution in [1.82, 2.24) is 4.98 Å². The van der Waals surface area contributed by atoms with Crippen molar-refractivity contribution in [2.45, 2.75) is 26.3 Å². The summed E-state index contributed by atoms with van der Waals surface area (Å²) in [6, 6.07) is 17.1. The van der Waals surface area contributed by atoms with Crippen molar-refractivity contribution < 1.29 is 18.7 Å². The lowest BCUT2D eigenvalue weighted by Crippen LogP contribution is -2.38. The number of anilines is 1. The highest BCUT2D eigenvalue weighted by atomic mass is 16.5. The second kappa shape index (κ2) is 7.31. The lowest BCUT2D eigenvalue weighted by molar-refractivity contribution is -0.122. The summed E-state index contributed by atoms with van der Waals surface area (Å²) in [5, 5.41) is 0. The Balaban J connectivity index is 1.45. The highest BCUT2D eigenvalue weighted by Crippen LogP contribution is 2.31. The molecule has 4 rings (SSSR count). The first-order chi connectivity index (χ1) is 13.5. The van der Waals surface area contributed by atoms with E-state index in [-0.39, 0.29) is 24.2 Å². The molecule has 0 spiro atoms. The third-order valence-electron chi connectivity index (χ3n) is 4.81. The zero-order chi connectivity index (χ0) is 19.7. The number of hydrogen-bond donors (Lipinski definition) is 0. The van der Waals surface area contributed by atoms with E-state index in [2.05, 4.69) is 4.98 Å². The molecule has 0 bridgehead atoms. The van der Waals surface area contributed by atoms with E-state index >= 15 is 0 Å². The molecular weight excluding hydrogens is 356 g/mol. The summed E-state index contributed by atoms with van der Waals surface area (Å²) in [4.78, 5) is 31.0. The van der Waals surface area contributed by atoms with Gasteiger partial charge in [0.05, 0.1) is 0 Å². The van der Waals surface area contributed by atoms with Crippen LogP contribution in [-0.4, -0.2) is 29.5 Å². The Labute approximate surface area is 162 Å². The number of oxazole rings is 1. The summed E-state index contributed by atoms with van der Waals surface area (Å²) in [5.74, 6) is -0.221. The second-order valence-corrected chi connectivity index (χ2v) is 6.81. The summed E-state index contributed by atoms with van der Waals surface area (Å²) in [7, 11) is 0. The first-order valence-corrected chi connectivity index (χ1v) is 9.14. The van der Waals surface area contributed by atoms with Gasteiger partial charge in [0.1, 0.15) is 5.76 Å². The lowest BCUT2D eigenvalue weighted by atomic mass is 10.1. The smallest absolute Gasteiger partial charge is 0.361 e.